The second-order valence-electron chi connectivity index (χ2n) is 6.15. The van der Waals surface area contributed by atoms with Gasteiger partial charge in [0.15, 0.2) is 0 Å². The number of pyridine rings is 2. The Balaban J connectivity index is 1.89. The number of aliphatic carboxylic acids is 1. The maximum absolute atomic E-state index is 11.8. The average molecular weight is 339 g/mol. The van der Waals surface area contributed by atoms with Crippen molar-refractivity contribution in [2.24, 2.45) is 7.05 Å². The zero-order valence-corrected chi connectivity index (χ0v) is 14.1. The molecule has 0 atom stereocenters. The number of hydrogen-bond acceptors (Lipinski definition) is 4. The third-order valence-electron chi connectivity index (χ3n) is 4.67. The maximum Gasteiger partial charge on any atom is 0.320 e. The Kier molecular flexibility index (Phi) is 3.57. The first-order chi connectivity index (χ1) is 11.6. The highest BCUT2D eigenvalue weighted by molar-refractivity contribution is 8.01. The highest BCUT2D eigenvalue weighted by atomic mass is 32.2. The predicted molar refractivity (Wildman–Crippen MR) is 94.0 cm³/mol. The number of thioether (sulfide) groups is 1. The van der Waals surface area contributed by atoms with Gasteiger partial charge in [0.2, 0.25) is 0 Å². The molecule has 0 bridgehead atoms. The third kappa shape index (κ3) is 2.29. The van der Waals surface area contributed by atoms with E-state index in [0.29, 0.717) is 12.8 Å². The molecular formula is C18H17N3O2S. The SMILES string of the molecule is Cn1cc(-c2ccncc2)c2c(SC3(C(=O)O)CCC3)ccnc21. The maximum atomic E-state index is 11.8. The fourth-order valence-corrected chi connectivity index (χ4v) is 4.61. The average Bonchev–Trinajstić information content (AvgIpc) is 2.89. The molecule has 1 fully saturated rings. The first-order valence-corrected chi connectivity index (χ1v) is 8.69. The van der Waals surface area contributed by atoms with E-state index in [0.717, 1.165) is 33.5 Å². The van der Waals surface area contributed by atoms with Crippen molar-refractivity contribution in [1.29, 1.82) is 0 Å². The number of hydrogen-bond donors (Lipinski definition) is 1. The van der Waals surface area contributed by atoms with Crippen molar-refractivity contribution in [3.63, 3.8) is 0 Å². The number of carboxylic acid groups (broad SMARTS) is 1. The number of carboxylic acids is 1. The van der Waals surface area contributed by atoms with E-state index in [-0.39, 0.29) is 0 Å². The molecule has 3 aromatic rings. The normalized spacial score (nSPS) is 16.0. The van der Waals surface area contributed by atoms with Gasteiger partial charge in [-0.3, -0.25) is 9.78 Å². The van der Waals surface area contributed by atoms with E-state index < -0.39 is 10.7 Å². The van der Waals surface area contributed by atoms with Gasteiger partial charge in [0.25, 0.3) is 0 Å². The van der Waals surface area contributed by atoms with E-state index >= 15 is 0 Å². The minimum absolute atomic E-state index is 0.695. The molecule has 1 aliphatic rings. The smallest absolute Gasteiger partial charge is 0.320 e. The number of nitrogens with zero attached hydrogens (tertiary/aromatic N) is 3. The Labute approximate surface area is 143 Å². The minimum Gasteiger partial charge on any atom is -0.480 e. The molecular weight excluding hydrogens is 322 g/mol. The molecule has 0 aromatic carbocycles. The summed E-state index contributed by atoms with van der Waals surface area (Å²) < 4.78 is 1.29. The molecule has 0 saturated heterocycles. The van der Waals surface area contributed by atoms with Gasteiger partial charge in [0.05, 0.1) is 0 Å². The number of carbonyl (C=O) groups is 1. The van der Waals surface area contributed by atoms with Crippen molar-refractivity contribution >= 4 is 28.8 Å². The molecule has 1 aliphatic carbocycles. The summed E-state index contributed by atoms with van der Waals surface area (Å²) in [5.74, 6) is -0.717. The van der Waals surface area contributed by atoms with Crippen LogP contribution in [0.15, 0.2) is 47.9 Å². The summed E-state index contributed by atoms with van der Waals surface area (Å²) in [5, 5.41) is 10.7. The fourth-order valence-electron chi connectivity index (χ4n) is 3.18. The van der Waals surface area contributed by atoms with Crippen LogP contribution in [-0.2, 0) is 11.8 Å². The molecule has 3 heterocycles. The minimum atomic E-state index is -0.717. The summed E-state index contributed by atoms with van der Waals surface area (Å²) in [7, 11) is 1.96. The molecule has 122 valence electrons. The Bertz CT molecular complexity index is 917. The summed E-state index contributed by atoms with van der Waals surface area (Å²) in [4.78, 5) is 21.3. The zero-order valence-electron chi connectivity index (χ0n) is 13.3. The summed E-state index contributed by atoms with van der Waals surface area (Å²) in [6, 6.07) is 5.86. The predicted octanol–water partition coefficient (Wildman–Crippen LogP) is 3.73. The molecule has 0 amide bonds. The van der Waals surface area contributed by atoms with Crippen LogP contribution in [0, 0.1) is 0 Å². The topological polar surface area (TPSA) is 68.0 Å². The number of aromatic nitrogens is 3. The Hall–Kier alpha value is -2.34. The summed E-state index contributed by atoms with van der Waals surface area (Å²) >= 11 is 1.47. The molecule has 5 nitrogen and oxygen atoms in total. The fraction of sp³-hybridized carbons (Fsp3) is 0.278. The molecule has 0 radical (unpaired) electrons. The number of fused-ring (bicyclic) bond motifs is 1. The Morgan fingerprint density at radius 1 is 1.25 bits per heavy atom. The standard InChI is InChI=1S/C18H17N3O2S/c1-21-11-13(12-3-8-19-9-4-12)15-14(5-10-20-16(15)21)24-18(17(22)23)6-2-7-18/h3-5,8-11H,2,6-7H2,1H3,(H,22,23). The highest BCUT2D eigenvalue weighted by Crippen LogP contribution is 2.50. The van der Waals surface area contributed by atoms with E-state index in [9.17, 15) is 9.90 Å². The van der Waals surface area contributed by atoms with Gasteiger partial charge in [-0.05, 0) is 43.0 Å². The molecule has 6 heteroatoms. The van der Waals surface area contributed by atoms with Gasteiger partial charge in [0.1, 0.15) is 10.4 Å². The zero-order chi connectivity index (χ0) is 16.7. The van der Waals surface area contributed by atoms with Gasteiger partial charge in [-0.15, -0.1) is 11.8 Å². The monoisotopic (exact) mass is 339 g/mol. The van der Waals surface area contributed by atoms with Crippen molar-refractivity contribution in [2.45, 2.75) is 28.9 Å². The first-order valence-electron chi connectivity index (χ1n) is 7.88. The largest absolute Gasteiger partial charge is 0.480 e. The second-order valence-corrected chi connectivity index (χ2v) is 7.58. The van der Waals surface area contributed by atoms with E-state index in [1.54, 1.807) is 18.6 Å². The van der Waals surface area contributed by atoms with Gasteiger partial charge in [-0.25, -0.2) is 4.98 Å². The highest BCUT2D eigenvalue weighted by Gasteiger charge is 2.45. The van der Waals surface area contributed by atoms with Crippen LogP contribution in [0.25, 0.3) is 22.2 Å². The lowest BCUT2D eigenvalue weighted by Gasteiger charge is -2.37. The Morgan fingerprint density at radius 3 is 2.62 bits per heavy atom. The van der Waals surface area contributed by atoms with Gasteiger partial charge < -0.3 is 9.67 Å². The van der Waals surface area contributed by atoms with E-state index in [2.05, 4.69) is 9.97 Å². The lowest BCUT2D eigenvalue weighted by atomic mass is 9.84. The lowest BCUT2D eigenvalue weighted by Crippen LogP contribution is -2.41. The molecule has 0 spiro atoms. The van der Waals surface area contributed by atoms with Crippen molar-refractivity contribution in [1.82, 2.24) is 14.5 Å². The van der Waals surface area contributed by atoms with Crippen LogP contribution in [0.4, 0.5) is 0 Å². The van der Waals surface area contributed by atoms with Crippen LogP contribution >= 0.6 is 11.8 Å². The van der Waals surface area contributed by atoms with Crippen LogP contribution < -0.4 is 0 Å². The van der Waals surface area contributed by atoms with Crippen LogP contribution in [-0.4, -0.2) is 30.4 Å². The van der Waals surface area contributed by atoms with E-state index in [1.807, 2.05) is 36.0 Å². The van der Waals surface area contributed by atoms with Gasteiger partial charge in [0, 0.05) is 47.7 Å². The van der Waals surface area contributed by atoms with Crippen LogP contribution in [0.1, 0.15) is 19.3 Å². The quantitative estimate of drug-likeness (QED) is 0.784. The van der Waals surface area contributed by atoms with E-state index in [1.165, 1.54) is 11.8 Å². The molecule has 24 heavy (non-hydrogen) atoms. The van der Waals surface area contributed by atoms with Gasteiger partial charge >= 0.3 is 5.97 Å². The molecule has 0 unspecified atom stereocenters. The number of rotatable bonds is 4. The van der Waals surface area contributed by atoms with Crippen LogP contribution in [0.3, 0.4) is 0 Å². The summed E-state index contributed by atoms with van der Waals surface area (Å²) in [5.41, 5.74) is 2.99. The molecule has 1 N–H and O–H groups in total. The second kappa shape index (κ2) is 5.63. The van der Waals surface area contributed by atoms with Gasteiger partial charge in [-0.1, -0.05) is 0 Å². The molecule has 1 saturated carbocycles. The summed E-state index contributed by atoms with van der Waals surface area (Å²) in [6.07, 6.45) is 9.74. The number of aryl methyl sites for hydroxylation is 1. The summed E-state index contributed by atoms with van der Waals surface area (Å²) in [6.45, 7) is 0. The van der Waals surface area contributed by atoms with E-state index in [4.69, 9.17) is 0 Å². The van der Waals surface area contributed by atoms with Gasteiger partial charge in [-0.2, -0.15) is 0 Å². The van der Waals surface area contributed by atoms with Crippen molar-refractivity contribution < 1.29 is 9.90 Å². The van der Waals surface area contributed by atoms with Crippen LogP contribution in [0.5, 0.6) is 0 Å². The molecule has 0 aliphatic heterocycles. The Morgan fingerprint density at radius 2 is 2.00 bits per heavy atom. The lowest BCUT2D eigenvalue weighted by molar-refractivity contribution is -0.142. The van der Waals surface area contributed by atoms with Crippen molar-refractivity contribution in [3.05, 3.63) is 43.0 Å². The molecule has 3 aromatic heterocycles. The first kappa shape index (κ1) is 15.2. The van der Waals surface area contributed by atoms with Crippen molar-refractivity contribution in [2.75, 3.05) is 0 Å². The molecule has 4 rings (SSSR count). The van der Waals surface area contributed by atoms with Crippen LogP contribution in [0.2, 0.25) is 0 Å². The van der Waals surface area contributed by atoms with Crippen molar-refractivity contribution in [3.8, 4) is 11.1 Å². The third-order valence-corrected chi connectivity index (χ3v) is 6.20.